The van der Waals surface area contributed by atoms with Gasteiger partial charge in [-0.25, -0.2) is 12.8 Å². The van der Waals surface area contributed by atoms with Gasteiger partial charge in [-0.3, -0.25) is 4.79 Å². The average molecular weight is 377 g/mol. The summed E-state index contributed by atoms with van der Waals surface area (Å²) < 4.78 is 44.5. The van der Waals surface area contributed by atoms with Crippen LogP contribution in [0.15, 0.2) is 47.4 Å². The summed E-state index contributed by atoms with van der Waals surface area (Å²) in [5.74, 6) is -1.33. The standard InChI is InChI=1S/C19H20FNO4S/c1-3-13-5-8-15(9-6-13)21-12-18(19(22)25-4-2)26(23,24)17-10-7-14(20)11-16(17)21/h5-11,18H,3-4,12H2,1-2H3/t18-/m1/s1. The highest BCUT2D eigenvalue weighted by Crippen LogP contribution is 2.39. The van der Waals surface area contributed by atoms with Crippen LogP contribution in [0.5, 0.6) is 0 Å². The van der Waals surface area contributed by atoms with E-state index < -0.39 is 26.9 Å². The average Bonchev–Trinajstić information content (AvgIpc) is 2.62. The summed E-state index contributed by atoms with van der Waals surface area (Å²) in [5.41, 5.74) is 2.05. The number of carbonyl (C=O) groups excluding carboxylic acids is 1. The summed E-state index contributed by atoms with van der Waals surface area (Å²) in [4.78, 5) is 13.9. The number of aryl methyl sites for hydroxylation is 1. The molecule has 0 bridgehead atoms. The van der Waals surface area contributed by atoms with Gasteiger partial charge in [0.15, 0.2) is 15.1 Å². The lowest BCUT2D eigenvalue weighted by atomic mass is 10.1. The fourth-order valence-electron chi connectivity index (χ4n) is 3.05. The Morgan fingerprint density at radius 1 is 1.19 bits per heavy atom. The van der Waals surface area contributed by atoms with E-state index in [1.165, 1.54) is 12.1 Å². The number of ether oxygens (including phenoxy) is 1. The van der Waals surface area contributed by atoms with Crippen LogP contribution in [0.3, 0.4) is 0 Å². The zero-order valence-electron chi connectivity index (χ0n) is 14.6. The first-order chi connectivity index (χ1) is 12.4. The summed E-state index contributed by atoms with van der Waals surface area (Å²) >= 11 is 0. The smallest absolute Gasteiger partial charge is 0.326 e. The highest BCUT2D eigenvalue weighted by molar-refractivity contribution is 7.93. The first-order valence-corrected chi connectivity index (χ1v) is 9.99. The molecule has 2 aromatic rings. The number of hydrogen-bond donors (Lipinski definition) is 0. The SMILES string of the molecule is CCOC(=O)[C@H]1CN(c2ccc(CC)cc2)c2cc(F)ccc2S1(=O)=O. The molecule has 1 aliphatic rings. The van der Waals surface area contributed by atoms with E-state index in [1.54, 1.807) is 11.8 Å². The van der Waals surface area contributed by atoms with Crippen LogP contribution in [0.2, 0.25) is 0 Å². The number of fused-ring (bicyclic) bond motifs is 1. The van der Waals surface area contributed by atoms with Crippen LogP contribution in [0, 0.1) is 5.82 Å². The molecule has 3 rings (SSSR count). The van der Waals surface area contributed by atoms with Gasteiger partial charge in [0.05, 0.1) is 23.7 Å². The number of rotatable bonds is 4. The number of esters is 1. The molecule has 7 heteroatoms. The predicted molar refractivity (Wildman–Crippen MR) is 96.8 cm³/mol. The maximum absolute atomic E-state index is 13.8. The molecule has 0 amide bonds. The molecule has 1 atom stereocenters. The van der Waals surface area contributed by atoms with E-state index in [-0.39, 0.29) is 23.7 Å². The number of halogens is 1. The summed E-state index contributed by atoms with van der Waals surface area (Å²) in [5, 5.41) is -1.36. The van der Waals surface area contributed by atoms with Gasteiger partial charge in [-0.05, 0) is 49.2 Å². The molecular weight excluding hydrogens is 357 g/mol. The Kier molecular flexibility index (Phi) is 5.00. The molecule has 0 N–H and O–H groups in total. The third-order valence-electron chi connectivity index (χ3n) is 4.45. The molecule has 26 heavy (non-hydrogen) atoms. The lowest BCUT2D eigenvalue weighted by Gasteiger charge is -2.34. The number of nitrogens with zero attached hydrogens (tertiary/aromatic N) is 1. The van der Waals surface area contributed by atoms with Gasteiger partial charge in [-0.15, -0.1) is 0 Å². The van der Waals surface area contributed by atoms with E-state index in [4.69, 9.17) is 4.74 Å². The van der Waals surface area contributed by atoms with Gasteiger partial charge in [0.1, 0.15) is 5.82 Å². The van der Waals surface area contributed by atoms with Crippen molar-refractivity contribution in [3.63, 3.8) is 0 Å². The van der Waals surface area contributed by atoms with Gasteiger partial charge < -0.3 is 9.64 Å². The zero-order chi connectivity index (χ0) is 18.9. The maximum Gasteiger partial charge on any atom is 0.326 e. The Morgan fingerprint density at radius 2 is 1.88 bits per heavy atom. The highest BCUT2D eigenvalue weighted by atomic mass is 32.2. The van der Waals surface area contributed by atoms with E-state index in [9.17, 15) is 17.6 Å². The van der Waals surface area contributed by atoms with Crippen LogP contribution >= 0.6 is 0 Å². The molecule has 0 aromatic heterocycles. The third-order valence-corrected chi connectivity index (χ3v) is 6.50. The predicted octanol–water partition coefficient (Wildman–Crippen LogP) is 3.25. The molecule has 1 aliphatic heterocycles. The number of sulfone groups is 1. The molecule has 0 fully saturated rings. The first-order valence-electron chi connectivity index (χ1n) is 8.45. The zero-order valence-corrected chi connectivity index (χ0v) is 15.4. The van der Waals surface area contributed by atoms with Gasteiger partial charge in [-0.2, -0.15) is 0 Å². The summed E-state index contributed by atoms with van der Waals surface area (Å²) in [6, 6.07) is 11.0. The van der Waals surface area contributed by atoms with Crippen molar-refractivity contribution in [2.75, 3.05) is 18.1 Å². The second-order valence-electron chi connectivity index (χ2n) is 6.03. The minimum absolute atomic E-state index is 0.0669. The fraction of sp³-hybridized carbons (Fsp3) is 0.316. The molecule has 5 nitrogen and oxygen atoms in total. The van der Waals surface area contributed by atoms with E-state index in [1.807, 2.05) is 31.2 Å². The highest BCUT2D eigenvalue weighted by Gasteiger charge is 2.43. The van der Waals surface area contributed by atoms with Crippen molar-refractivity contribution in [3.8, 4) is 0 Å². The third kappa shape index (κ3) is 3.19. The van der Waals surface area contributed by atoms with Crippen molar-refractivity contribution in [1.29, 1.82) is 0 Å². The van der Waals surface area contributed by atoms with Gasteiger partial charge in [0.25, 0.3) is 0 Å². The van der Waals surface area contributed by atoms with Crippen molar-refractivity contribution in [2.24, 2.45) is 0 Å². The summed E-state index contributed by atoms with van der Waals surface area (Å²) in [6.45, 7) is 3.62. The molecule has 2 aromatic carbocycles. The van der Waals surface area contributed by atoms with Crippen LogP contribution in [0.1, 0.15) is 19.4 Å². The fourth-order valence-corrected chi connectivity index (χ4v) is 4.74. The molecule has 0 spiro atoms. The largest absolute Gasteiger partial charge is 0.465 e. The minimum atomic E-state index is -3.96. The Bertz CT molecular complexity index is 925. The van der Waals surface area contributed by atoms with E-state index >= 15 is 0 Å². The van der Waals surface area contributed by atoms with Gasteiger partial charge in [0.2, 0.25) is 0 Å². The van der Waals surface area contributed by atoms with Crippen molar-refractivity contribution in [2.45, 2.75) is 30.4 Å². The monoisotopic (exact) mass is 377 g/mol. The van der Waals surface area contributed by atoms with Crippen LogP contribution < -0.4 is 4.90 Å². The first kappa shape index (κ1) is 18.4. The van der Waals surface area contributed by atoms with Gasteiger partial charge in [0, 0.05) is 5.69 Å². The maximum atomic E-state index is 13.8. The Labute approximate surface area is 152 Å². The van der Waals surface area contributed by atoms with Crippen molar-refractivity contribution >= 4 is 27.2 Å². The molecule has 0 saturated carbocycles. The quantitative estimate of drug-likeness (QED) is 0.605. The van der Waals surface area contributed by atoms with Crippen LogP contribution in [-0.2, 0) is 25.8 Å². The molecule has 0 radical (unpaired) electrons. The molecular formula is C19H20FNO4S. The molecule has 1 heterocycles. The minimum Gasteiger partial charge on any atom is -0.465 e. The van der Waals surface area contributed by atoms with Crippen molar-refractivity contribution < 1.29 is 22.3 Å². The lowest BCUT2D eigenvalue weighted by molar-refractivity contribution is -0.142. The lowest BCUT2D eigenvalue weighted by Crippen LogP contribution is -2.45. The van der Waals surface area contributed by atoms with Gasteiger partial charge in [-0.1, -0.05) is 19.1 Å². The molecule has 0 unspecified atom stereocenters. The van der Waals surface area contributed by atoms with E-state index in [0.29, 0.717) is 5.69 Å². The number of carbonyl (C=O) groups is 1. The van der Waals surface area contributed by atoms with Crippen molar-refractivity contribution in [1.82, 2.24) is 0 Å². The summed E-state index contributed by atoms with van der Waals surface area (Å²) in [7, 11) is -3.96. The Morgan fingerprint density at radius 3 is 2.50 bits per heavy atom. The van der Waals surface area contributed by atoms with E-state index in [2.05, 4.69) is 0 Å². The van der Waals surface area contributed by atoms with Crippen molar-refractivity contribution in [3.05, 3.63) is 53.8 Å². The topological polar surface area (TPSA) is 63.7 Å². The van der Waals surface area contributed by atoms with Crippen LogP contribution in [0.4, 0.5) is 15.8 Å². The molecule has 138 valence electrons. The Hall–Kier alpha value is -2.41. The van der Waals surface area contributed by atoms with Gasteiger partial charge >= 0.3 is 5.97 Å². The van der Waals surface area contributed by atoms with Crippen LogP contribution in [0.25, 0.3) is 0 Å². The number of hydrogen-bond acceptors (Lipinski definition) is 5. The van der Waals surface area contributed by atoms with E-state index in [0.717, 1.165) is 18.1 Å². The summed E-state index contributed by atoms with van der Waals surface area (Å²) in [6.07, 6.45) is 0.866. The molecule has 0 aliphatic carbocycles. The number of benzene rings is 2. The normalized spacial score (nSPS) is 18.3. The Balaban J connectivity index is 2.14. The second-order valence-corrected chi connectivity index (χ2v) is 8.13. The second kappa shape index (κ2) is 7.07. The molecule has 0 saturated heterocycles. The number of anilines is 2. The van der Waals surface area contributed by atoms with Crippen LogP contribution in [-0.4, -0.2) is 32.8 Å².